The normalized spacial score (nSPS) is 11.4. The number of benzene rings is 3. The zero-order valence-corrected chi connectivity index (χ0v) is 15.1. The molecule has 1 aromatic heterocycles. The lowest BCUT2D eigenvalue weighted by Crippen LogP contribution is -1.93. The van der Waals surface area contributed by atoms with E-state index >= 15 is 0 Å². The van der Waals surface area contributed by atoms with E-state index in [-0.39, 0.29) is 0 Å². The van der Waals surface area contributed by atoms with E-state index in [4.69, 9.17) is 0 Å². The molecule has 4 aromatic rings. The Labute approximate surface area is 145 Å². The minimum absolute atomic E-state index is 1.10. The van der Waals surface area contributed by atoms with Gasteiger partial charge >= 0.3 is 0 Å². The van der Waals surface area contributed by atoms with Crippen molar-refractivity contribution in [1.82, 2.24) is 4.57 Å². The summed E-state index contributed by atoms with van der Waals surface area (Å²) in [4.78, 5) is 0. The molecule has 0 saturated carbocycles. The first-order chi connectivity index (χ1) is 10.6. The smallest absolute Gasteiger partial charge is 0.0541 e. The number of hydrogen-bond acceptors (Lipinski definition) is 0. The van der Waals surface area contributed by atoms with Gasteiger partial charge in [0.25, 0.3) is 0 Å². The topological polar surface area (TPSA) is 4.93 Å². The van der Waals surface area contributed by atoms with Crippen LogP contribution in [0.1, 0.15) is 5.56 Å². The number of aromatic nitrogens is 1. The molecule has 0 unspecified atom stereocenters. The number of hydrogen-bond donors (Lipinski definition) is 0. The van der Waals surface area contributed by atoms with Gasteiger partial charge in [-0.2, -0.15) is 0 Å². The summed E-state index contributed by atoms with van der Waals surface area (Å²) in [5.41, 5.74) is 4.91. The van der Waals surface area contributed by atoms with E-state index < -0.39 is 0 Å². The average Bonchev–Trinajstić information content (AvgIpc) is 2.80. The lowest BCUT2D eigenvalue weighted by Gasteiger charge is -2.08. The van der Waals surface area contributed by atoms with Crippen molar-refractivity contribution in [3.63, 3.8) is 0 Å². The Morgan fingerprint density at radius 2 is 1.32 bits per heavy atom. The standard InChI is InChI=1S/C19H13Br2N/c1-12-3-2-4-15(9-12)22-18-7-5-13(20)10-16(18)17-11-14(21)6-8-19(17)22/h2-11H,1H3. The van der Waals surface area contributed by atoms with Crippen LogP contribution < -0.4 is 0 Å². The molecule has 0 radical (unpaired) electrons. The van der Waals surface area contributed by atoms with Crippen LogP contribution >= 0.6 is 31.9 Å². The van der Waals surface area contributed by atoms with Gasteiger partial charge in [-0.05, 0) is 61.0 Å². The van der Waals surface area contributed by atoms with Crippen molar-refractivity contribution >= 4 is 53.7 Å². The lowest BCUT2D eigenvalue weighted by atomic mass is 10.2. The van der Waals surface area contributed by atoms with Crippen LogP contribution in [0.2, 0.25) is 0 Å². The first kappa shape index (κ1) is 14.0. The second kappa shape index (κ2) is 5.25. The van der Waals surface area contributed by atoms with Crippen LogP contribution in [0.15, 0.2) is 69.6 Å². The lowest BCUT2D eigenvalue weighted by molar-refractivity contribution is 1.17. The second-order valence-corrected chi connectivity index (χ2v) is 7.33. The molecule has 0 spiro atoms. The Bertz CT molecular complexity index is 955. The Hall–Kier alpha value is -1.58. The molecule has 22 heavy (non-hydrogen) atoms. The third-order valence-corrected chi connectivity index (χ3v) is 4.94. The van der Waals surface area contributed by atoms with Crippen LogP contribution in [-0.2, 0) is 0 Å². The van der Waals surface area contributed by atoms with Gasteiger partial charge in [0.1, 0.15) is 0 Å². The molecule has 0 fully saturated rings. The largest absolute Gasteiger partial charge is 0.309 e. The molecule has 0 aliphatic rings. The van der Waals surface area contributed by atoms with Gasteiger partial charge in [-0.3, -0.25) is 0 Å². The molecule has 4 rings (SSSR count). The van der Waals surface area contributed by atoms with Crippen LogP contribution in [0, 0.1) is 6.92 Å². The first-order valence-electron chi connectivity index (χ1n) is 7.10. The Morgan fingerprint density at radius 3 is 1.86 bits per heavy atom. The minimum atomic E-state index is 1.10. The highest BCUT2D eigenvalue weighted by atomic mass is 79.9. The fraction of sp³-hybridized carbons (Fsp3) is 0.0526. The van der Waals surface area contributed by atoms with E-state index in [0.29, 0.717) is 0 Å². The molecule has 1 nitrogen and oxygen atoms in total. The first-order valence-corrected chi connectivity index (χ1v) is 8.68. The molecular formula is C19H13Br2N. The van der Waals surface area contributed by atoms with Gasteiger partial charge in [-0.1, -0.05) is 44.0 Å². The maximum absolute atomic E-state index is 3.59. The third-order valence-electron chi connectivity index (χ3n) is 3.95. The van der Waals surface area contributed by atoms with E-state index in [1.165, 1.54) is 33.1 Å². The molecule has 0 bridgehead atoms. The molecule has 0 N–H and O–H groups in total. The number of halogens is 2. The SMILES string of the molecule is Cc1cccc(-n2c3ccc(Br)cc3c3cc(Br)ccc32)c1. The molecule has 3 aromatic carbocycles. The highest BCUT2D eigenvalue weighted by Crippen LogP contribution is 2.35. The fourth-order valence-corrected chi connectivity index (χ4v) is 3.74. The van der Waals surface area contributed by atoms with Crippen molar-refractivity contribution in [2.75, 3.05) is 0 Å². The van der Waals surface area contributed by atoms with Gasteiger partial charge in [0.2, 0.25) is 0 Å². The molecule has 1 heterocycles. The highest BCUT2D eigenvalue weighted by molar-refractivity contribution is 9.10. The molecule has 108 valence electrons. The Kier molecular flexibility index (Phi) is 3.35. The van der Waals surface area contributed by atoms with E-state index in [0.717, 1.165) is 8.95 Å². The monoisotopic (exact) mass is 413 g/mol. The predicted molar refractivity (Wildman–Crippen MR) is 101 cm³/mol. The van der Waals surface area contributed by atoms with E-state index in [2.05, 4.69) is 104 Å². The number of fused-ring (bicyclic) bond motifs is 3. The summed E-state index contributed by atoms with van der Waals surface area (Å²) in [7, 11) is 0. The van der Waals surface area contributed by atoms with Crippen molar-refractivity contribution < 1.29 is 0 Å². The van der Waals surface area contributed by atoms with Gasteiger partial charge < -0.3 is 4.57 Å². The summed E-state index contributed by atoms with van der Waals surface area (Å²) < 4.78 is 4.53. The summed E-state index contributed by atoms with van der Waals surface area (Å²) in [6.45, 7) is 2.13. The van der Waals surface area contributed by atoms with Crippen LogP contribution in [0.5, 0.6) is 0 Å². The second-order valence-electron chi connectivity index (χ2n) is 5.50. The quantitative estimate of drug-likeness (QED) is 0.330. The number of rotatable bonds is 1. The maximum Gasteiger partial charge on any atom is 0.0541 e. The van der Waals surface area contributed by atoms with Gasteiger partial charge in [0, 0.05) is 25.4 Å². The Morgan fingerprint density at radius 1 is 0.727 bits per heavy atom. The summed E-state index contributed by atoms with van der Waals surface area (Å²) >= 11 is 7.19. The zero-order valence-electron chi connectivity index (χ0n) is 12.0. The molecule has 0 saturated heterocycles. The van der Waals surface area contributed by atoms with Gasteiger partial charge in [-0.15, -0.1) is 0 Å². The highest BCUT2D eigenvalue weighted by Gasteiger charge is 2.12. The van der Waals surface area contributed by atoms with Crippen molar-refractivity contribution in [3.8, 4) is 5.69 Å². The number of aryl methyl sites for hydroxylation is 1. The molecule has 3 heteroatoms. The summed E-state index contributed by atoms with van der Waals surface area (Å²) in [5, 5.41) is 2.51. The van der Waals surface area contributed by atoms with E-state index in [9.17, 15) is 0 Å². The van der Waals surface area contributed by atoms with E-state index in [1.54, 1.807) is 0 Å². The van der Waals surface area contributed by atoms with Crippen LogP contribution in [0.3, 0.4) is 0 Å². The summed E-state index contributed by atoms with van der Waals surface area (Å²) in [6, 6.07) is 21.6. The van der Waals surface area contributed by atoms with Crippen molar-refractivity contribution in [2.45, 2.75) is 6.92 Å². The minimum Gasteiger partial charge on any atom is -0.309 e. The van der Waals surface area contributed by atoms with Gasteiger partial charge in [0.15, 0.2) is 0 Å². The number of nitrogens with zero attached hydrogens (tertiary/aromatic N) is 1. The third kappa shape index (κ3) is 2.20. The molecule has 0 aliphatic carbocycles. The Balaban J connectivity index is 2.20. The van der Waals surface area contributed by atoms with Gasteiger partial charge in [-0.25, -0.2) is 0 Å². The van der Waals surface area contributed by atoms with Crippen molar-refractivity contribution in [3.05, 3.63) is 75.2 Å². The maximum atomic E-state index is 3.59. The molecule has 0 atom stereocenters. The van der Waals surface area contributed by atoms with Gasteiger partial charge in [0.05, 0.1) is 11.0 Å². The van der Waals surface area contributed by atoms with E-state index in [1.807, 2.05) is 0 Å². The average molecular weight is 415 g/mol. The summed E-state index contributed by atoms with van der Waals surface area (Å²) in [5.74, 6) is 0. The fourth-order valence-electron chi connectivity index (χ4n) is 3.01. The van der Waals surface area contributed by atoms with Crippen LogP contribution in [0.4, 0.5) is 0 Å². The molecule has 0 aliphatic heterocycles. The van der Waals surface area contributed by atoms with Crippen LogP contribution in [0.25, 0.3) is 27.5 Å². The van der Waals surface area contributed by atoms with Crippen molar-refractivity contribution in [2.24, 2.45) is 0 Å². The van der Waals surface area contributed by atoms with Crippen LogP contribution in [-0.4, -0.2) is 4.57 Å². The van der Waals surface area contributed by atoms with Crippen molar-refractivity contribution in [1.29, 1.82) is 0 Å². The molecular weight excluding hydrogens is 402 g/mol. The predicted octanol–water partition coefficient (Wildman–Crippen LogP) is 6.62. The summed E-state index contributed by atoms with van der Waals surface area (Å²) in [6.07, 6.45) is 0. The molecule has 0 amide bonds. The zero-order chi connectivity index (χ0) is 15.3.